The lowest BCUT2D eigenvalue weighted by molar-refractivity contribution is 0.380. The number of anilines is 4. The first-order valence-corrected chi connectivity index (χ1v) is 8.40. The maximum Gasteiger partial charge on any atom is 0.322 e. The summed E-state index contributed by atoms with van der Waals surface area (Å²) in [5.41, 5.74) is 5.71. The van der Waals surface area contributed by atoms with E-state index < -0.39 is 0 Å². The zero-order valence-electron chi connectivity index (χ0n) is 15.7. The Balaban J connectivity index is 1.90. The molecule has 0 amide bonds. The molecule has 1 heterocycles. The number of aromatic nitrogens is 3. The molecule has 1 aromatic heterocycles. The van der Waals surface area contributed by atoms with E-state index in [4.69, 9.17) is 10.00 Å². The van der Waals surface area contributed by atoms with Gasteiger partial charge in [-0.05, 0) is 56.2 Å². The van der Waals surface area contributed by atoms with Gasteiger partial charge in [0.2, 0.25) is 11.9 Å². The van der Waals surface area contributed by atoms with Crippen molar-refractivity contribution in [3.63, 3.8) is 0 Å². The first-order valence-electron chi connectivity index (χ1n) is 8.40. The predicted octanol–water partition coefficient (Wildman–Crippen LogP) is 4.16. The summed E-state index contributed by atoms with van der Waals surface area (Å²) in [5.74, 6) is 0.726. The highest BCUT2D eigenvalue weighted by molar-refractivity contribution is 5.65. The van der Waals surface area contributed by atoms with Gasteiger partial charge in [0.05, 0.1) is 18.7 Å². The van der Waals surface area contributed by atoms with Crippen LogP contribution in [0.15, 0.2) is 36.4 Å². The van der Waals surface area contributed by atoms with Crippen molar-refractivity contribution in [2.45, 2.75) is 20.8 Å². The highest BCUT2D eigenvalue weighted by Crippen LogP contribution is 2.26. The number of methoxy groups -OCH3 is 1. The maximum absolute atomic E-state index is 8.90. The zero-order valence-corrected chi connectivity index (χ0v) is 15.7. The molecule has 27 heavy (non-hydrogen) atoms. The molecule has 0 atom stereocenters. The average molecular weight is 360 g/mol. The van der Waals surface area contributed by atoms with Crippen molar-refractivity contribution >= 4 is 23.3 Å². The fourth-order valence-electron chi connectivity index (χ4n) is 2.81. The van der Waals surface area contributed by atoms with Crippen LogP contribution in [0.5, 0.6) is 6.01 Å². The molecule has 0 fully saturated rings. The normalized spacial score (nSPS) is 10.2. The molecule has 0 aliphatic carbocycles. The third-order valence-corrected chi connectivity index (χ3v) is 3.98. The molecule has 0 bridgehead atoms. The Morgan fingerprint density at radius 2 is 1.48 bits per heavy atom. The van der Waals surface area contributed by atoms with Gasteiger partial charge in [-0.15, -0.1) is 0 Å². The van der Waals surface area contributed by atoms with Crippen LogP contribution in [0, 0.1) is 32.1 Å². The van der Waals surface area contributed by atoms with Gasteiger partial charge in [0, 0.05) is 11.4 Å². The molecule has 3 rings (SSSR count). The summed E-state index contributed by atoms with van der Waals surface area (Å²) in [6, 6.07) is 13.5. The fourth-order valence-corrected chi connectivity index (χ4v) is 2.81. The van der Waals surface area contributed by atoms with Crippen LogP contribution in [-0.4, -0.2) is 22.1 Å². The first-order chi connectivity index (χ1) is 13.0. The van der Waals surface area contributed by atoms with Crippen LogP contribution in [0.1, 0.15) is 22.3 Å². The van der Waals surface area contributed by atoms with Crippen molar-refractivity contribution in [3.05, 3.63) is 58.7 Å². The summed E-state index contributed by atoms with van der Waals surface area (Å²) in [6.45, 7) is 6.14. The minimum absolute atomic E-state index is 0.200. The van der Waals surface area contributed by atoms with Crippen LogP contribution in [0.2, 0.25) is 0 Å². The van der Waals surface area contributed by atoms with Crippen molar-refractivity contribution in [2.24, 2.45) is 0 Å². The third-order valence-electron chi connectivity index (χ3n) is 3.98. The van der Waals surface area contributed by atoms with Crippen molar-refractivity contribution in [1.29, 1.82) is 5.26 Å². The fraction of sp³-hybridized carbons (Fsp3) is 0.200. The van der Waals surface area contributed by atoms with Crippen LogP contribution < -0.4 is 15.4 Å². The molecule has 7 heteroatoms. The van der Waals surface area contributed by atoms with Crippen molar-refractivity contribution in [2.75, 3.05) is 17.7 Å². The van der Waals surface area contributed by atoms with Gasteiger partial charge in [-0.25, -0.2) is 0 Å². The largest absolute Gasteiger partial charge is 0.467 e. The Bertz CT molecular complexity index is 985. The number of ether oxygens (including phenoxy) is 1. The summed E-state index contributed by atoms with van der Waals surface area (Å²) in [4.78, 5) is 12.9. The Morgan fingerprint density at radius 3 is 2.04 bits per heavy atom. The number of hydrogen-bond acceptors (Lipinski definition) is 7. The summed E-state index contributed by atoms with van der Waals surface area (Å²) < 4.78 is 5.20. The molecule has 2 N–H and O–H groups in total. The van der Waals surface area contributed by atoms with Gasteiger partial charge in [0.15, 0.2) is 0 Å². The van der Waals surface area contributed by atoms with Crippen molar-refractivity contribution in [1.82, 2.24) is 15.0 Å². The highest BCUT2D eigenvalue weighted by atomic mass is 16.5. The molecule has 0 saturated carbocycles. The zero-order chi connectivity index (χ0) is 19.4. The first kappa shape index (κ1) is 18.1. The molecule has 0 radical (unpaired) electrons. The van der Waals surface area contributed by atoms with E-state index in [9.17, 15) is 0 Å². The summed E-state index contributed by atoms with van der Waals surface area (Å²) in [7, 11) is 1.51. The standard InChI is InChI=1S/C20H20N6O/c1-12-9-13(2)17(14(3)10-12)23-19-24-18(25-20(26-19)27-4)22-16-7-5-15(11-21)6-8-16/h5-10H,1-4H3,(H2,22,23,24,25,26). The van der Waals surface area contributed by atoms with E-state index in [0.29, 0.717) is 17.5 Å². The molecule has 0 spiro atoms. The second kappa shape index (κ2) is 7.70. The van der Waals surface area contributed by atoms with Crippen LogP contribution in [0.3, 0.4) is 0 Å². The smallest absolute Gasteiger partial charge is 0.322 e. The molecule has 7 nitrogen and oxygen atoms in total. The lowest BCUT2D eigenvalue weighted by Gasteiger charge is -2.14. The van der Waals surface area contributed by atoms with E-state index in [2.05, 4.69) is 50.7 Å². The molecule has 0 unspecified atom stereocenters. The van der Waals surface area contributed by atoms with E-state index in [1.807, 2.05) is 13.8 Å². The third kappa shape index (κ3) is 4.30. The summed E-state index contributed by atoms with van der Waals surface area (Å²) in [6.07, 6.45) is 0. The Kier molecular flexibility index (Phi) is 5.18. The maximum atomic E-state index is 8.90. The molecular weight excluding hydrogens is 340 g/mol. The molecule has 2 aromatic carbocycles. The minimum atomic E-state index is 0.200. The van der Waals surface area contributed by atoms with Crippen LogP contribution in [0.4, 0.5) is 23.3 Å². The van der Waals surface area contributed by atoms with Gasteiger partial charge < -0.3 is 15.4 Å². The van der Waals surface area contributed by atoms with Gasteiger partial charge in [0.1, 0.15) is 0 Å². The van der Waals surface area contributed by atoms with Crippen LogP contribution in [0.25, 0.3) is 0 Å². The lowest BCUT2D eigenvalue weighted by Crippen LogP contribution is -2.07. The van der Waals surface area contributed by atoms with Crippen LogP contribution in [-0.2, 0) is 0 Å². The Hall–Kier alpha value is -3.66. The molecule has 136 valence electrons. The number of hydrogen-bond donors (Lipinski definition) is 2. The average Bonchev–Trinajstić information content (AvgIpc) is 2.65. The number of benzene rings is 2. The number of aryl methyl sites for hydroxylation is 3. The van der Waals surface area contributed by atoms with Gasteiger partial charge in [0.25, 0.3) is 0 Å². The Morgan fingerprint density at radius 1 is 0.889 bits per heavy atom. The predicted molar refractivity (Wildman–Crippen MR) is 105 cm³/mol. The van der Waals surface area contributed by atoms with E-state index >= 15 is 0 Å². The molecule has 3 aromatic rings. The van der Waals surface area contributed by atoms with E-state index in [1.54, 1.807) is 24.3 Å². The van der Waals surface area contributed by atoms with Gasteiger partial charge in [-0.3, -0.25) is 0 Å². The van der Waals surface area contributed by atoms with Gasteiger partial charge >= 0.3 is 6.01 Å². The van der Waals surface area contributed by atoms with E-state index in [-0.39, 0.29) is 6.01 Å². The summed E-state index contributed by atoms with van der Waals surface area (Å²) in [5, 5.41) is 15.3. The quantitative estimate of drug-likeness (QED) is 0.705. The molecule has 0 saturated heterocycles. The number of nitrogens with one attached hydrogen (secondary N) is 2. The number of nitriles is 1. The van der Waals surface area contributed by atoms with Crippen LogP contribution >= 0.6 is 0 Å². The summed E-state index contributed by atoms with van der Waals surface area (Å²) >= 11 is 0. The SMILES string of the molecule is COc1nc(Nc2ccc(C#N)cc2)nc(Nc2c(C)cc(C)cc2C)n1. The topological polar surface area (TPSA) is 95.8 Å². The lowest BCUT2D eigenvalue weighted by atomic mass is 10.1. The van der Waals surface area contributed by atoms with E-state index in [1.165, 1.54) is 12.7 Å². The van der Waals surface area contributed by atoms with Crippen molar-refractivity contribution < 1.29 is 4.74 Å². The van der Waals surface area contributed by atoms with Crippen molar-refractivity contribution in [3.8, 4) is 12.1 Å². The Labute approximate surface area is 158 Å². The molecule has 0 aliphatic heterocycles. The van der Waals surface area contributed by atoms with Gasteiger partial charge in [-0.2, -0.15) is 20.2 Å². The minimum Gasteiger partial charge on any atom is -0.467 e. The number of nitrogens with zero attached hydrogens (tertiary/aromatic N) is 4. The monoisotopic (exact) mass is 360 g/mol. The second-order valence-corrected chi connectivity index (χ2v) is 6.18. The molecular formula is C20H20N6O. The highest BCUT2D eigenvalue weighted by Gasteiger charge is 2.11. The number of rotatable bonds is 5. The second-order valence-electron chi connectivity index (χ2n) is 6.18. The van der Waals surface area contributed by atoms with E-state index in [0.717, 1.165) is 22.5 Å². The molecule has 0 aliphatic rings. The van der Waals surface area contributed by atoms with Gasteiger partial charge in [-0.1, -0.05) is 17.7 Å².